The zero-order chi connectivity index (χ0) is 14.7. The minimum absolute atomic E-state index is 0.0246. The number of halogens is 3. The molecule has 0 radical (unpaired) electrons. The van der Waals surface area contributed by atoms with Crippen LogP contribution in [-0.2, 0) is 6.42 Å². The van der Waals surface area contributed by atoms with Crippen LogP contribution in [0.1, 0.15) is 22.7 Å². The predicted molar refractivity (Wildman–Crippen MR) is 89.1 cm³/mol. The number of hydrogen-bond donors (Lipinski definition) is 2. The maximum absolute atomic E-state index is 6.24. The van der Waals surface area contributed by atoms with Crippen LogP contribution in [0.4, 0.5) is 0 Å². The first-order valence-electron chi connectivity index (χ1n) is 6.18. The number of benzene rings is 2. The second-order valence-corrected chi connectivity index (χ2v) is 6.23. The lowest BCUT2D eigenvalue weighted by Gasteiger charge is -2.20. The molecule has 2 aromatic carbocycles. The van der Waals surface area contributed by atoms with E-state index in [-0.39, 0.29) is 6.04 Å². The van der Waals surface area contributed by atoms with Crippen LogP contribution in [0.15, 0.2) is 40.9 Å². The number of nitrogens with two attached hydrogens (primary N) is 1. The summed E-state index contributed by atoms with van der Waals surface area (Å²) in [6, 6.07) is 11.7. The van der Waals surface area contributed by atoms with Gasteiger partial charge in [-0.2, -0.15) is 0 Å². The Labute approximate surface area is 137 Å². The number of nitrogens with one attached hydrogen (secondary N) is 1. The highest BCUT2D eigenvalue weighted by Gasteiger charge is 2.16. The van der Waals surface area contributed by atoms with Gasteiger partial charge < -0.3 is 0 Å². The Bertz CT molecular complexity index is 617. The van der Waals surface area contributed by atoms with Gasteiger partial charge >= 0.3 is 0 Å². The lowest BCUT2D eigenvalue weighted by Crippen LogP contribution is -2.30. The third-order valence-corrected chi connectivity index (χ3v) is 5.06. The summed E-state index contributed by atoms with van der Waals surface area (Å²) in [5.74, 6) is 5.72. The molecule has 3 N–H and O–H groups in total. The lowest BCUT2D eigenvalue weighted by atomic mass is 9.96. The molecule has 5 heteroatoms. The summed E-state index contributed by atoms with van der Waals surface area (Å²) in [7, 11) is 0. The monoisotopic (exact) mass is 372 g/mol. The van der Waals surface area contributed by atoms with Gasteiger partial charge in [0.1, 0.15) is 0 Å². The average molecular weight is 374 g/mol. The van der Waals surface area contributed by atoms with Gasteiger partial charge in [0, 0.05) is 4.47 Å². The average Bonchev–Trinajstić information content (AvgIpc) is 2.44. The highest BCUT2D eigenvalue weighted by molar-refractivity contribution is 9.10. The van der Waals surface area contributed by atoms with Gasteiger partial charge in [0.25, 0.3) is 0 Å². The van der Waals surface area contributed by atoms with Crippen molar-refractivity contribution in [1.82, 2.24) is 5.43 Å². The van der Waals surface area contributed by atoms with Gasteiger partial charge in [0.2, 0.25) is 0 Å². The van der Waals surface area contributed by atoms with Crippen LogP contribution in [-0.4, -0.2) is 0 Å². The molecule has 0 saturated carbocycles. The van der Waals surface area contributed by atoms with Crippen molar-refractivity contribution in [3.8, 4) is 0 Å². The maximum Gasteiger partial charge on any atom is 0.0624 e. The first kappa shape index (κ1) is 15.8. The predicted octanol–water partition coefficient (Wildman–Crippen LogP) is 4.81. The quantitative estimate of drug-likeness (QED) is 0.596. The van der Waals surface area contributed by atoms with Crippen molar-refractivity contribution in [2.45, 2.75) is 19.4 Å². The Morgan fingerprint density at radius 3 is 2.60 bits per heavy atom. The fourth-order valence-corrected chi connectivity index (χ4v) is 2.97. The number of rotatable bonds is 4. The summed E-state index contributed by atoms with van der Waals surface area (Å²) in [6.45, 7) is 2.06. The lowest BCUT2D eigenvalue weighted by molar-refractivity contribution is 0.549. The van der Waals surface area contributed by atoms with E-state index < -0.39 is 0 Å². The van der Waals surface area contributed by atoms with Crippen LogP contribution in [0.3, 0.4) is 0 Å². The van der Waals surface area contributed by atoms with Crippen LogP contribution in [0.5, 0.6) is 0 Å². The molecular formula is C15H15BrCl2N2. The van der Waals surface area contributed by atoms with Crippen LogP contribution < -0.4 is 11.3 Å². The van der Waals surface area contributed by atoms with Gasteiger partial charge in [-0.05, 0) is 42.2 Å². The van der Waals surface area contributed by atoms with E-state index in [9.17, 15) is 0 Å². The Balaban J connectivity index is 2.34. The molecule has 0 bridgehead atoms. The smallest absolute Gasteiger partial charge is 0.0624 e. The summed E-state index contributed by atoms with van der Waals surface area (Å²) < 4.78 is 1.06. The third-order valence-electron chi connectivity index (χ3n) is 3.34. The topological polar surface area (TPSA) is 38.0 Å². The minimum atomic E-state index is -0.0246. The molecule has 1 atom stereocenters. The zero-order valence-electron chi connectivity index (χ0n) is 11.0. The fraction of sp³-hybridized carbons (Fsp3) is 0.200. The first-order chi connectivity index (χ1) is 9.54. The van der Waals surface area contributed by atoms with E-state index in [0.29, 0.717) is 16.5 Å². The van der Waals surface area contributed by atoms with E-state index in [1.54, 1.807) is 6.07 Å². The molecule has 1 unspecified atom stereocenters. The van der Waals surface area contributed by atoms with Crippen LogP contribution in [0.25, 0.3) is 0 Å². The second kappa shape index (κ2) is 6.92. The SMILES string of the molecule is Cc1c(Br)cccc1C(Cc1cccc(Cl)c1Cl)NN. The summed E-state index contributed by atoms with van der Waals surface area (Å²) in [5.41, 5.74) is 6.13. The molecule has 0 aliphatic rings. The second-order valence-electron chi connectivity index (χ2n) is 4.59. The van der Waals surface area contributed by atoms with Crippen molar-refractivity contribution in [3.63, 3.8) is 0 Å². The first-order valence-corrected chi connectivity index (χ1v) is 7.73. The van der Waals surface area contributed by atoms with Crippen molar-refractivity contribution in [1.29, 1.82) is 0 Å². The number of hydrazine groups is 1. The fourth-order valence-electron chi connectivity index (χ4n) is 2.19. The molecule has 0 saturated heterocycles. The summed E-state index contributed by atoms with van der Waals surface area (Å²) in [4.78, 5) is 0. The van der Waals surface area contributed by atoms with Crippen LogP contribution in [0.2, 0.25) is 10.0 Å². The van der Waals surface area contributed by atoms with Gasteiger partial charge in [-0.15, -0.1) is 0 Å². The maximum atomic E-state index is 6.24. The van der Waals surface area contributed by atoms with Crippen molar-refractivity contribution in [2.75, 3.05) is 0 Å². The van der Waals surface area contributed by atoms with Crippen molar-refractivity contribution in [2.24, 2.45) is 5.84 Å². The molecule has 20 heavy (non-hydrogen) atoms. The van der Waals surface area contributed by atoms with Crippen molar-refractivity contribution in [3.05, 3.63) is 67.6 Å². The molecule has 0 heterocycles. The molecule has 106 valence electrons. The largest absolute Gasteiger partial charge is 0.271 e. The summed E-state index contributed by atoms with van der Waals surface area (Å²) in [5, 5.41) is 1.15. The molecule has 2 aromatic rings. The molecule has 0 spiro atoms. The van der Waals surface area contributed by atoms with Gasteiger partial charge in [-0.3, -0.25) is 11.3 Å². The normalized spacial score (nSPS) is 12.4. The van der Waals surface area contributed by atoms with E-state index >= 15 is 0 Å². The molecule has 0 aromatic heterocycles. The molecule has 0 fully saturated rings. The minimum Gasteiger partial charge on any atom is -0.271 e. The van der Waals surface area contributed by atoms with Crippen molar-refractivity contribution >= 4 is 39.1 Å². The van der Waals surface area contributed by atoms with Crippen LogP contribution in [0, 0.1) is 6.92 Å². The van der Waals surface area contributed by atoms with Gasteiger partial charge in [0.15, 0.2) is 0 Å². The van der Waals surface area contributed by atoms with Gasteiger partial charge in [0.05, 0.1) is 16.1 Å². The third kappa shape index (κ3) is 3.35. The van der Waals surface area contributed by atoms with E-state index in [2.05, 4.69) is 34.3 Å². The van der Waals surface area contributed by atoms with Gasteiger partial charge in [-0.1, -0.05) is 63.4 Å². The Morgan fingerprint density at radius 1 is 1.20 bits per heavy atom. The molecule has 0 aliphatic heterocycles. The van der Waals surface area contributed by atoms with E-state index in [1.807, 2.05) is 24.3 Å². The van der Waals surface area contributed by atoms with Gasteiger partial charge in [-0.25, -0.2) is 0 Å². The molecule has 0 aliphatic carbocycles. The summed E-state index contributed by atoms with van der Waals surface area (Å²) in [6.07, 6.45) is 0.674. The molecule has 2 rings (SSSR count). The van der Waals surface area contributed by atoms with E-state index in [4.69, 9.17) is 29.0 Å². The Kier molecular flexibility index (Phi) is 5.47. The zero-order valence-corrected chi connectivity index (χ0v) is 14.1. The number of hydrogen-bond acceptors (Lipinski definition) is 2. The molecule has 2 nitrogen and oxygen atoms in total. The van der Waals surface area contributed by atoms with Crippen LogP contribution >= 0.6 is 39.1 Å². The Morgan fingerprint density at radius 2 is 1.90 bits per heavy atom. The van der Waals surface area contributed by atoms with E-state index in [1.165, 1.54) is 0 Å². The molecule has 0 amide bonds. The summed E-state index contributed by atoms with van der Waals surface area (Å²) >= 11 is 15.8. The van der Waals surface area contributed by atoms with E-state index in [0.717, 1.165) is 21.2 Å². The highest BCUT2D eigenvalue weighted by Crippen LogP contribution is 2.31. The Hall–Kier alpha value is -0.580. The van der Waals surface area contributed by atoms with Crippen molar-refractivity contribution < 1.29 is 0 Å². The highest BCUT2D eigenvalue weighted by atomic mass is 79.9. The molecular weight excluding hydrogens is 359 g/mol. The standard InChI is InChI=1S/C15H15BrCl2N2/c1-9-11(5-3-6-12(9)16)14(20-19)8-10-4-2-7-13(17)15(10)18/h2-7,14,20H,8,19H2,1H3.